The van der Waals surface area contributed by atoms with Crippen molar-refractivity contribution in [2.75, 3.05) is 7.11 Å². The van der Waals surface area contributed by atoms with Crippen LogP contribution in [0.4, 0.5) is 0 Å². The highest BCUT2D eigenvalue weighted by Crippen LogP contribution is 2.14. The number of methoxy groups -OCH3 is 1. The van der Waals surface area contributed by atoms with Crippen LogP contribution in [-0.4, -0.2) is 28.2 Å². The Morgan fingerprint density at radius 2 is 1.79 bits per heavy atom. The van der Waals surface area contributed by atoms with E-state index < -0.39 is 11.2 Å². The Morgan fingerprint density at radius 3 is 2.43 bits per heavy atom. The Labute approximate surface area is 162 Å². The second-order valence-corrected chi connectivity index (χ2v) is 6.60. The molecular weight excluding hydrogens is 358 g/mol. The second-order valence-electron chi connectivity index (χ2n) is 6.60. The van der Waals surface area contributed by atoms with Crippen molar-refractivity contribution in [3.63, 3.8) is 0 Å². The summed E-state index contributed by atoms with van der Waals surface area (Å²) in [4.78, 5) is 38.6. The summed E-state index contributed by atoms with van der Waals surface area (Å²) in [5.41, 5.74) is -0.142. The Bertz CT molecular complexity index is 1110. The minimum atomic E-state index is -0.562. The maximum absolute atomic E-state index is 13.2. The van der Waals surface area contributed by atoms with E-state index in [2.05, 4.69) is 5.32 Å². The van der Waals surface area contributed by atoms with Crippen molar-refractivity contribution in [2.24, 2.45) is 0 Å². The van der Waals surface area contributed by atoms with E-state index in [1.807, 2.05) is 13.8 Å². The largest absolute Gasteiger partial charge is 0.497 e. The first-order valence-corrected chi connectivity index (χ1v) is 9.14. The molecule has 146 valence electrons. The van der Waals surface area contributed by atoms with Gasteiger partial charge in [0.05, 0.1) is 23.7 Å². The van der Waals surface area contributed by atoms with Crippen LogP contribution in [0, 0.1) is 0 Å². The van der Waals surface area contributed by atoms with Crippen molar-refractivity contribution in [2.45, 2.75) is 32.9 Å². The van der Waals surface area contributed by atoms with Gasteiger partial charge in [0.1, 0.15) is 12.3 Å². The molecule has 1 N–H and O–H groups in total. The molecule has 0 saturated carbocycles. The van der Waals surface area contributed by atoms with Gasteiger partial charge in [0.25, 0.3) is 5.56 Å². The van der Waals surface area contributed by atoms with E-state index in [1.54, 1.807) is 55.6 Å². The number of aromatic nitrogens is 2. The van der Waals surface area contributed by atoms with Crippen molar-refractivity contribution in [1.82, 2.24) is 14.5 Å². The van der Waals surface area contributed by atoms with Gasteiger partial charge in [0.2, 0.25) is 5.91 Å². The molecule has 1 amide bonds. The zero-order valence-electron chi connectivity index (χ0n) is 16.1. The summed E-state index contributed by atoms with van der Waals surface area (Å²) >= 11 is 0. The number of hydrogen-bond acceptors (Lipinski definition) is 4. The molecule has 7 nitrogen and oxygen atoms in total. The van der Waals surface area contributed by atoms with Gasteiger partial charge >= 0.3 is 5.69 Å². The molecule has 3 rings (SSSR count). The zero-order chi connectivity index (χ0) is 20.3. The Kier molecular flexibility index (Phi) is 5.63. The van der Waals surface area contributed by atoms with Crippen LogP contribution in [-0.2, 0) is 11.3 Å². The standard InChI is InChI=1S/C21H23N3O4/c1-4-14(2)22-19(25)13-23-18-8-6-5-7-17(18)20(26)24(21(23)27)15-9-11-16(28-3)12-10-15/h5-12,14H,4,13H2,1-3H3,(H,22,25)/t14-/m0/s1. The first kappa shape index (κ1) is 19.4. The van der Waals surface area contributed by atoms with Crippen LogP contribution in [0.15, 0.2) is 58.1 Å². The lowest BCUT2D eigenvalue weighted by Gasteiger charge is -2.16. The van der Waals surface area contributed by atoms with Crippen molar-refractivity contribution in [1.29, 1.82) is 0 Å². The van der Waals surface area contributed by atoms with E-state index in [1.165, 1.54) is 4.57 Å². The number of para-hydroxylation sites is 1. The van der Waals surface area contributed by atoms with Gasteiger partial charge in [-0.2, -0.15) is 0 Å². The van der Waals surface area contributed by atoms with Crippen LogP contribution >= 0.6 is 0 Å². The molecule has 3 aromatic rings. The van der Waals surface area contributed by atoms with Crippen LogP contribution < -0.4 is 21.3 Å². The molecule has 28 heavy (non-hydrogen) atoms. The maximum Gasteiger partial charge on any atom is 0.336 e. The molecule has 1 aromatic heterocycles. The number of ether oxygens (including phenoxy) is 1. The summed E-state index contributed by atoms with van der Waals surface area (Å²) in [6.07, 6.45) is 0.784. The van der Waals surface area contributed by atoms with Crippen LogP contribution in [0.5, 0.6) is 5.75 Å². The maximum atomic E-state index is 13.2. The SMILES string of the molecule is CC[C@H](C)NC(=O)Cn1c(=O)n(-c2ccc(OC)cc2)c(=O)c2ccccc21. The van der Waals surface area contributed by atoms with E-state index in [-0.39, 0.29) is 18.5 Å². The minimum absolute atomic E-state index is 0.00181. The molecule has 0 aliphatic heterocycles. The Hall–Kier alpha value is -3.35. The first-order chi connectivity index (χ1) is 13.5. The van der Waals surface area contributed by atoms with Crippen LogP contribution in [0.3, 0.4) is 0 Å². The second kappa shape index (κ2) is 8.12. The fourth-order valence-corrected chi connectivity index (χ4v) is 3.00. The smallest absolute Gasteiger partial charge is 0.336 e. The molecule has 0 bridgehead atoms. The number of benzene rings is 2. The molecule has 0 aliphatic rings. The molecule has 2 aromatic carbocycles. The van der Waals surface area contributed by atoms with Gasteiger partial charge in [-0.3, -0.25) is 14.2 Å². The summed E-state index contributed by atoms with van der Waals surface area (Å²) in [7, 11) is 1.54. The Morgan fingerprint density at radius 1 is 1.11 bits per heavy atom. The average molecular weight is 381 g/mol. The van der Waals surface area contributed by atoms with Gasteiger partial charge in [-0.25, -0.2) is 9.36 Å². The van der Waals surface area contributed by atoms with Crippen LogP contribution in [0.1, 0.15) is 20.3 Å². The zero-order valence-corrected chi connectivity index (χ0v) is 16.1. The third kappa shape index (κ3) is 3.69. The number of amides is 1. The lowest BCUT2D eigenvalue weighted by Crippen LogP contribution is -2.43. The summed E-state index contributed by atoms with van der Waals surface area (Å²) in [6, 6.07) is 13.4. The number of nitrogens with zero attached hydrogens (tertiary/aromatic N) is 2. The lowest BCUT2D eigenvalue weighted by molar-refractivity contribution is -0.122. The van der Waals surface area contributed by atoms with Crippen molar-refractivity contribution >= 4 is 16.8 Å². The van der Waals surface area contributed by atoms with E-state index in [0.717, 1.165) is 11.0 Å². The number of rotatable bonds is 6. The van der Waals surface area contributed by atoms with E-state index in [0.29, 0.717) is 22.3 Å². The highest BCUT2D eigenvalue weighted by atomic mass is 16.5. The summed E-state index contributed by atoms with van der Waals surface area (Å²) < 4.78 is 7.55. The highest BCUT2D eigenvalue weighted by Gasteiger charge is 2.17. The van der Waals surface area contributed by atoms with E-state index >= 15 is 0 Å². The Balaban J connectivity index is 2.18. The van der Waals surface area contributed by atoms with Crippen LogP contribution in [0.25, 0.3) is 16.6 Å². The molecule has 0 spiro atoms. The average Bonchev–Trinajstić information content (AvgIpc) is 2.71. The molecular formula is C21H23N3O4. The quantitative estimate of drug-likeness (QED) is 0.709. The molecule has 0 radical (unpaired) electrons. The van der Waals surface area contributed by atoms with Crippen molar-refractivity contribution < 1.29 is 9.53 Å². The minimum Gasteiger partial charge on any atom is -0.497 e. The van der Waals surface area contributed by atoms with Gasteiger partial charge in [-0.05, 0) is 49.7 Å². The monoisotopic (exact) mass is 381 g/mol. The number of fused-ring (bicyclic) bond motifs is 1. The predicted octanol–water partition coefficient (Wildman–Crippen LogP) is 2.08. The normalized spacial score (nSPS) is 12.0. The molecule has 0 unspecified atom stereocenters. The molecule has 1 heterocycles. The summed E-state index contributed by atoms with van der Waals surface area (Å²) in [6.45, 7) is 3.70. The molecule has 0 fully saturated rings. The highest BCUT2D eigenvalue weighted by molar-refractivity contribution is 5.82. The van der Waals surface area contributed by atoms with Gasteiger partial charge < -0.3 is 10.1 Å². The summed E-state index contributed by atoms with van der Waals surface area (Å²) in [5, 5.41) is 3.23. The van der Waals surface area contributed by atoms with E-state index in [9.17, 15) is 14.4 Å². The third-order valence-electron chi connectivity index (χ3n) is 4.70. The fraction of sp³-hybridized carbons (Fsp3) is 0.286. The summed E-state index contributed by atoms with van der Waals surface area (Å²) in [5.74, 6) is 0.340. The number of hydrogen-bond donors (Lipinski definition) is 1. The van der Waals surface area contributed by atoms with E-state index in [4.69, 9.17) is 4.74 Å². The van der Waals surface area contributed by atoms with Crippen molar-refractivity contribution in [3.05, 3.63) is 69.4 Å². The number of carbonyl (C=O) groups is 1. The van der Waals surface area contributed by atoms with Crippen LogP contribution in [0.2, 0.25) is 0 Å². The topological polar surface area (TPSA) is 82.3 Å². The lowest BCUT2D eigenvalue weighted by atomic mass is 10.2. The molecule has 1 atom stereocenters. The fourth-order valence-electron chi connectivity index (χ4n) is 3.00. The molecule has 0 saturated heterocycles. The van der Waals surface area contributed by atoms with Gasteiger partial charge in [0, 0.05) is 6.04 Å². The molecule has 7 heteroatoms. The third-order valence-corrected chi connectivity index (χ3v) is 4.70. The number of carbonyl (C=O) groups excluding carboxylic acids is 1. The number of nitrogens with one attached hydrogen (secondary N) is 1. The molecule has 0 aliphatic carbocycles. The van der Waals surface area contributed by atoms with Gasteiger partial charge in [0.15, 0.2) is 0 Å². The van der Waals surface area contributed by atoms with Gasteiger partial charge in [-0.15, -0.1) is 0 Å². The predicted molar refractivity (Wildman–Crippen MR) is 108 cm³/mol. The van der Waals surface area contributed by atoms with Crippen molar-refractivity contribution in [3.8, 4) is 11.4 Å². The first-order valence-electron chi connectivity index (χ1n) is 9.14. The van der Waals surface area contributed by atoms with Gasteiger partial charge in [-0.1, -0.05) is 19.1 Å².